The molecule has 1 saturated carbocycles. The number of aliphatic hydroxyl groups is 1. The van der Waals surface area contributed by atoms with Crippen molar-refractivity contribution in [1.82, 2.24) is 4.98 Å². The molecule has 0 unspecified atom stereocenters. The smallest absolute Gasteiger partial charge is 0.340 e. The van der Waals surface area contributed by atoms with E-state index in [0.717, 1.165) is 41.8 Å². The van der Waals surface area contributed by atoms with Crippen LogP contribution >= 0.6 is 0 Å². The highest BCUT2D eigenvalue weighted by Crippen LogP contribution is 2.44. The number of nitrogens with zero attached hydrogens (tertiary/aromatic N) is 1. The van der Waals surface area contributed by atoms with Crippen LogP contribution in [-0.4, -0.2) is 22.7 Å². The summed E-state index contributed by atoms with van der Waals surface area (Å²) in [6, 6.07) is 0. The van der Waals surface area contributed by atoms with Crippen LogP contribution in [0, 0.1) is 12.3 Å². The summed E-state index contributed by atoms with van der Waals surface area (Å²) < 4.78 is 5.32. The van der Waals surface area contributed by atoms with Gasteiger partial charge in [0.15, 0.2) is 0 Å². The monoisotopic (exact) mass is 391 g/mol. The molecule has 1 atom stereocenters. The molecule has 3 rings (SSSR count). The van der Waals surface area contributed by atoms with Crippen molar-refractivity contribution in [2.45, 2.75) is 106 Å². The van der Waals surface area contributed by atoms with Gasteiger partial charge in [-0.25, -0.2) is 4.79 Å². The first-order valence-corrected chi connectivity index (χ1v) is 11.2. The third-order valence-corrected chi connectivity index (χ3v) is 5.55. The summed E-state index contributed by atoms with van der Waals surface area (Å²) in [4.78, 5) is 17.6. The van der Waals surface area contributed by atoms with Gasteiger partial charge in [0, 0.05) is 17.2 Å². The second-order valence-corrected chi connectivity index (χ2v) is 8.12. The number of esters is 1. The normalized spacial score (nSPS) is 20.2. The summed E-state index contributed by atoms with van der Waals surface area (Å²) >= 11 is 0. The highest BCUT2D eigenvalue weighted by atomic mass is 16.5. The van der Waals surface area contributed by atoms with Crippen LogP contribution in [0.4, 0.5) is 0 Å². The van der Waals surface area contributed by atoms with E-state index in [-0.39, 0.29) is 11.4 Å². The number of hydrogen-bond donors (Lipinski definition) is 1. The molecule has 1 fully saturated rings. The molecule has 0 bridgehead atoms. The number of carbonyl (C=O) groups is 1. The average molecular weight is 392 g/mol. The van der Waals surface area contributed by atoms with Gasteiger partial charge in [-0.15, -0.1) is 0 Å². The Bertz CT molecular complexity index is 646. The third-order valence-electron chi connectivity index (χ3n) is 5.55. The van der Waals surface area contributed by atoms with E-state index in [1.165, 1.54) is 12.8 Å². The summed E-state index contributed by atoms with van der Waals surface area (Å²) in [6.45, 7) is 16.5. The molecule has 0 radical (unpaired) electrons. The van der Waals surface area contributed by atoms with E-state index >= 15 is 0 Å². The summed E-state index contributed by atoms with van der Waals surface area (Å²) in [5.74, 6) is 0.0554. The maximum Gasteiger partial charge on any atom is 0.340 e. The molecule has 0 aliphatic heterocycles. The lowest BCUT2D eigenvalue weighted by Crippen LogP contribution is -2.29. The van der Waals surface area contributed by atoms with Gasteiger partial charge < -0.3 is 9.84 Å². The van der Waals surface area contributed by atoms with Gasteiger partial charge in [-0.3, -0.25) is 4.98 Å². The first kappa shape index (κ1) is 24.6. The fraction of sp³-hybridized carbons (Fsp3) is 0.750. The molecule has 4 nitrogen and oxygen atoms in total. The third kappa shape index (κ3) is 5.34. The Morgan fingerprint density at radius 3 is 2.29 bits per heavy atom. The van der Waals surface area contributed by atoms with E-state index in [4.69, 9.17) is 9.72 Å². The van der Waals surface area contributed by atoms with Gasteiger partial charge in [-0.05, 0) is 50.5 Å². The van der Waals surface area contributed by atoms with E-state index in [2.05, 4.69) is 13.8 Å². The number of aromatic nitrogens is 1. The van der Waals surface area contributed by atoms with Crippen LogP contribution in [-0.2, 0) is 11.2 Å². The molecule has 1 aromatic rings. The zero-order valence-corrected chi connectivity index (χ0v) is 19.3. The van der Waals surface area contributed by atoms with Crippen LogP contribution < -0.4 is 0 Å². The molecular formula is C24H41NO3. The predicted octanol–water partition coefficient (Wildman–Crippen LogP) is 6.28. The Morgan fingerprint density at radius 2 is 1.75 bits per heavy atom. The number of rotatable bonds is 3. The van der Waals surface area contributed by atoms with Gasteiger partial charge in [-0.2, -0.15) is 0 Å². The average Bonchev–Trinajstić information content (AvgIpc) is 3.18. The lowest BCUT2D eigenvalue weighted by molar-refractivity contribution is 0.0521. The summed E-state index contributed by atoms with van der Waals surface area (Å²) in [5.41, 5.74) is 4.27. The first-order chi connectivity index (χ1) is 13.3. The maximum absolute atomic E-state index is 12.6. The molecule has 160 valence electrons. The Hall–Kier alpha value is -1.42. The standard InChI is InChI=1S/C20H29NO3.2C2H6/c1-5-24-19(23)17-12(2)16-14(10-20(3,4)11-15(16)22)21-18(17)13-8-6-7-9-13;2*1-2/h13,15,22H,5-11H2,1-4H3;2*1-2H3/t15-;;/m0../s1. The number of fused-ring (bicyclic) bond motifs is 1. The van der Waals surface area contributed by atoms with E-state index in [1.54, 1.807) is 0 Å². The molecular weight excluding hydrogens is 350 g/mol. The van der Waals surface area contributed by atoms with Crippen molar-refractivity contribution < 1.29 is 14.6 Å². The van der Waals surface area contributed by atoms with Crippen LogP contribution in [0.1, 0.15) is 125 Å². The van der Waals surface area contributed by atoms with Crippen molar-refractivity contribution in [2.75, 3.05) is 6.61 Å². The molecule has 1 N–H and O–H groups in total. The number of aliphatic hydroxyl groups excluding tert-OH is 1. The fourth-order valence-corrected chi connectivity index (χ4v) is 4.49. The predicted molar refractivity (Wildman–Crippen MR) is 116 cm³/mol. The largest absolute Gasteiger partial charge is 0.462 e. The minimum atomic E-state index is -0.554. The van der Waals surface area contributed by atoms with Crippen molar-refractivity contribution >= 4 is 5.97 Å². The van der Waals surface area contributed by atoms with E-state index < -0.39 is 6.10 Å². The van der Waals surface area contributed by atoms with E-state index in [0.29, 0.717) is 24.5 Å². The second-order valence-electron chi connectivity index (χ2n) is 8.12. The van der Waals surface area contributed by atoms with Crippen LogP contribution in [0.2, 0.25) is 0 Å². The van der Waals surface area contributed by atoms with Crippen molar-refractivity contribution in [3.05, 3.63) is 28.1 Å². The number of hydrogen-bond acceptors (Lipinski definition) is 4. The number of carbonyl (C=O) groups excluding carboxylic acids is 1. The van der Waals surface area contributed by atoms with Gasteiger partial charge in [0.25, 0.3) is 0 Å². The molecule has 0 saturated heterocycles. The van der Waals surface area contributed by atoms with E-state index in [1.807, 2.05) is 41.5 Å². The van der Waals surface area contributed by atoms with Crippen molar-refractivity contribution in [1.29, 1.82) is 0 Å². The SMILES string of the molecule is CC.CC.CCOC(=O)c1c(C2CCCC2)nc2c(c1C)[C@@H](O)CC(C)(C)C2. The summed E-state index contributed by atoms with van der Waals surface area (Å²) in [6.07, 6.45) is 5.56. The topological polar surface area (TPSA) is 59.4 Å². The van der Waals surface area contributed by atoms with Crippen molar-refractivity contribution in [2.24, 2.45) is 5.41 Å². The minimum absolute atomic E-state index is 0.0320. The van der Waals surface area contributed by atoms with Crippen LogP contribution in [0.25, 0.3) is 0 Å². The van der Waals surface area contributed by atoms with Crippen LogP contribution in [0.15, 0.2) is 0 Å². The Kier molecular flexibility index (Phi) is 9.62. The Balaban J connectivity index is 0.000000921. The van der Waals surface area contributed by atoms with Crippen LogP contribution in [0.3, 0.4) is 0 Å². The lowest BCUT2D eigenvalue weighted by atomic mass is 9.73. The second kappa shape index (κ2) is 10.9. The lowest BCUT2D eigenvalue weighted by Gasteiger charge is -2.36. The Morgan fingerprint density at radius 1 is 1.18 bits per heavy atom. The van der Waals surface area contributed by atoms with E-state index in [9.17, 15) is 9.90 Å². The van der Waals surface area contributed by atoms with Gasteiger partial charge in [0.2, 0.25) is 0 Å². The van der Waals surface area contributed by atoms with Gasteiger partial charge in [0.1, 0.15) is 0 Å². The molecule has 2 aliphatic rings. The van der Waals surface area contributed by atoms with Crippen LogP contribution in [0.5, 0.6) is 0 Å². The Labute approximate surface area is 172 Å². The maximum atomic E-state index is 12.6. The molecule has 0 spiro atoms. The molecule has 0 amide bonds. The first-order valence-electron chi connectivity index (χ1n) is 11.2. The highest BCUT2D eigenvalue weighted by molar-refractivity contribution is 5.93. The zero-order valence-electron chi connectivity index (χ0n) is 19.3. The quantitative estimate of drug-likeness (QED) is 0.616. The fourth-order valence-electron chi connectivity index (χ4n) is 4.49. The van der Waals surface area contributed by atoms with Gasteiger partial charge in [0.05, 0.1) is 24.0 Å². The minimum Gasteiger partial charge on any atom is -0.462 e. The van der Waals surface area contributed by atoms with Gasteiger partial charge in [-0.1, -0.05) is 54.4 Å². The molecule has 1 heterocycles. The molecule has 0 aromatic carbocycles. The summed E-state index contributed by atoms with van der Waals surface area (Å²) in [5, 5.41) is 10.7. The molecule has 1 aromatic heterocycles. The molecule has 28 heavy (non-hydrogen) atoms. The molecule has 2 aliphatic carbocycles. The number of pyridine rings is 1. The number of ether oxygens (including phenoxy) is 1. The van der Waals surface area contributed by atoms with Crippen molar-refractivity contribution in [3.63, 3.8) is 0 Å². The summed E-state index contributed by atoms with van der Waals surface area (Å²) in [7, 11) is 0. The zero-order chi connectivity index (χ0) is 21.5. The van der Waals surface area contributed by atoms with Crippen molar-refractivity contribution in [3.8, 4) is 0 Å². The van der Waals surface area contributed by atoms with Gasteiger partial charge >= 0.3 is 5.97 Å². The molecule has 4 heteroatoms. The highest BCUT2D eigenvalue weighted by Gasteiger charge is 2.37.